The summed E-state index contributed by atoms with van der Waals surface area (Å²) >= 11 is 0. The molecular formula is C14H17F2N3. The van der Waals surface area contributed by atoms with Crippen LogP contribution in [0.5, 0.6) is 0 Å². The summed E-state index contributed by atoms with van der Waals surface area (Å²) in [5, 5.41) is 0. The lowest BCUT2D eigenvalue weighted by atomic mass is 10.1. The third-order valence-corrected chi connectivity index (χ3v) is 3.08. The molecule has 102 valence electrons. The van der Waals surface area contributed by atoms with Gasteiger partial charge in [0.05, 0.1) is 0 Å². The predicted octanol–water partition coefficient (Wildman–Crippen LogP) is 3.38. The summed E-state index contributed by atoms with van der Waals surface area (Å²) in [5.74, 6) is -0.602. The van der Waals surface area contributed by atoms with E-state index in [0.717, 1.165) is 24.7 Å². The highest BCUT2D eigenvalue weighted by Crippen LogP contribution is 2.29. The molecular weight excluding hydrogens is 248 g/mol. The van der Waals surface area contributed by atoms with Crippen molar-refractivity contribution in [3.05, 3.63) is 35.7 Å². The summed E-state index contributed by atoms with van der Waals surface area (Å²) in [6.45, 7) is 4.64. The quantitative estimate of drug-likeness (QED) is 0.921. The van der Waals surface area contributed by atoms with Crippen LogP contribution in [0.15, 0.2) is 18.2 Å². The minimum Gasteiger partial charge on any atom is -0.383 e. The van der Waals surface area contributed by atoms with Crippen LogP contribution in [0, 0.1) is 11.6 Å². The van der Waals surface area contributed by atoms with E-state index in [-0.39, 0.29) is 5.56 Å². The number of benzene rings is 1. The summed E-state index contributed by atoms with van der Waals surface area (Å²) in [6.07, 6.45) is 1.68. The molecule has 0 bridgehead atoms. The molecule has 0 radical (unpaired) electrons. The Morgan fingerprint density at radius 3 is 2.63 bits per heavy atom. The minimum atomic E-state index is -0.905. The second-order valence-corrected chi connectivity index (χ2v) is 4.36. The maximum Gasteiger partial charge on any atom is 0.168 e. The van der Waals surface area contributed by atoms with Crippen LogP contribution in [0.2, 0.25) is 0 Å². The molecule has 0 saturated carbocycles. The number of hydrogen-bond acceptors (Lipinski definition) is 2. The molecule has 1 heterocycles. The van der Waals surface area contributed by atoms with Gasteiger partial charge >= 0.3 is 0 Å². The fraction of sp³-hybridized carbons (Fsp3) is 0.357. The smallest absolute Gasteiger partial charge is 0.168 e. The van der Waals surface area contributed by atoms with Crippen molar-refractivity contribution in [2.45, 2.75) is 33.2 Å². The van der Waals surface area contributed by atoms with E-state index >= 15 is 0 Å². The van der Waals surface area contributed by atoms with Crippen molar-refractivity contribution < 1.29 is 8.78 Å². The van der Waals surface area contributed by atoms with E-state index in [1.807, 2.05) is 18.4 Å². The summed E-state index contributed by atoms with van der Waals surface area (Å²) in [6, 6.07) is 4.03. The molecule has 0 spiro atoms. The topological polar surface area (TPSA) is 43.8 Å². The van der Waals surface area contributed by atoms with E-state index < -0.39 is 11.6 Å². The van der Waals surface area contributed by atoms with E-state index in [9.17, 15) is 8.78 Å². The molecule has 2 aromatic rings. The standard InChI is InChI=1S/C14H17F2N3/c1-3-6-11-18-13(14(17)19(11)4-2)9-7-5-8-10(15)12(9)16/h5,7-8H,3-4,6,17H2,1-2H3. The third kappa shape index (κ3) is 2.32. The lowest BCUT2D eigenvalue weighted by molar-refractivity contribution is 0.511. The van der Waals surface area contributed by atoms with Crippen molar-refractivity contribution >= 4 is 5.82 Å². The Balaban J connectivity index is 2.59. The first-order valence-corrected chi connectivity index (χ1v) is 6.39. The van der Waals surface area contributed by atoms with Gasteiger partial charge in [-0.25, -0.2) is 13.8 Å². The van der Waals surface area contributed by atoms with Crippen molar-refractivity contribution in [2.24, 2.45) is 0 Å². The normalized spacial score (nSPS) is 10.9. The number of imidazole rings is 1. The Bertz CT molecular complexity index is 591. The van der Waals surface area contributed by atoms with Gasteiger partial charge < -0.3 is 10.3 Å². The first-order chi connectivity index (χ1) is 9.10. The molecule has 1 aromatic carbocycles. The Labute approximate surface area is 111 Å². The van der Waals surface area contributed by atoms with Gasteiger partial charge in [0.15, 0.2) is 11.6 Å². The zero-order valence-electron chi connectivity index (χ0n) is 11.1. The molecule has 5 heteroatoms. The number of hydrogen-bond donors (Lipinski definition) is 1. The molecule has 0 unspecified atom stereocenters. The SMILES string of the molecule is CCCc1nc(-c2cccc(F)c2F)c(N)n1CC. The van der Waals surface area contributed by atoms with E-state index in [0.29, 0.717) is 18.1 Å². The molecule has 2 rings (SSSR count). The summed E-state index contributed by atoms with van der Waals surface area (Å²) in [4.78, 5) is 4.37. The molecule has 0 aliphatic heterocycles. The summed E-state index contributed by atoms with van der Waals surface area (Å²) in [7, 11) is 0. The van der Waals surface area contributed by atoms with Crippen LogP contribution in [0.1, 0.15) is 26.1 Å². The number of nitrogens with zero attached hydrogens (tertiary/aromatic N) is 2. The fourth-order valence-corrected chi connectivity index (χ4v) is 2.17. The van der Waals surface area contributed by atoms with E-state index in [1.54, 1.807) is 0 Å². The van der Waals surface area contributed by atoms with Crippen molar-refractivity contribution in [1.82, 2.24) is 9.55 Å². The van der Waals surface area contributed by atoms with Gasteiger partial charge in [-0.2, -0.15) is 0 Å². The van der Waals surface area contributed by atoms with Crippen LogP contribution in [0.25, 0.3) is 11.3 Å². The van der Waals surface area contributed by atoms with Crippen molar-refractivity contribution in [3.8, 4) is 11.3 Å². The molecule has 0 aliphatic rings. The zero-order chi connectivity index (χ0) is 14.0. The molecule has 0 fully saturated rings. The third-order valence-electron chi connectivity index (χ3n) is 3.08. The lowest BCUT2D eigenvalue weighted by Crippen LogP contribution is -2.05. The maximum atomic E-state index is 13.8. The van der Waals surface area contributed by atoms with Gasteiger partial charge in [0.25, 0.3) is 0 Å². The second kappa shape index (κ2) is 5.38. The maximum absolute atomic E-state index is 13.8. The van der Waals surface area contributed by atoms with E-state index in [4.69, 9.17) is 5.73 Å². The number of halogens is 2. The highest BCUT2D eigenvalue weighted by atomic mass is 19.2. The highest BCUT2D eigenvalue weighted by molar-refractivity contribution is 5.71. The average molecular weight is 265 g/mol. The lowest BCUT2D eigenvalue weighted by Gasteiger charge is -2.05. The van der Waals surface area contributed by atoms with Crippen LogP contribution in [0.3, 0.4) is 0 Å². The molecule has 2 N–H and O–H groups in total. The van der Waals surface area contributed by atoms with Gasteiger partial charge in [-0.15, -0.1) is 0 Å². The van der Waals surface area contributed by atoms with Crippen LogP contribution in [0.4, 0.5) is 14.6 Å². The van der Waals surface area contributed by atoms with Crippen LogP contribution >= 0.6 is 0 Å². The van der Waals surface area contributed by atoms with Gasteiger partial charge in [-0.1, -0.05) is 13.0 Å². The Morgan fingerprint density at radius 1 is 1.26 bits per heavy atom. The first-order valence-electron chi connectivity index (χ1n) is 6.39. The molecule has 1 aromatic heterocycles. The Kier molecular flexibility index (Phi) is 3.83. The molecule has 0 aliphatic carbocycles. The van der Waals surface area contributed by atoms with Crippen LogP contribution in [-0.4, -0.2) is 9.55 Å². The molecule has 0 saturated heterocycles. The molecule has 0 amide bonds. The van der Waals surface area contributed by atoms with Gasteiger partial charge in [-0.05, 0) is 25.5 Å². The number of nitrogens with two attached hydrogens (primary N) is 1. The van der Waals surface area contributed by atoms with E-state index in [1.165, 1.54) is 12.1 Å². The Hall–Kier alpha value is -1.91. The van der Waals surface area contributed by atoms with Crippen molar-refractivity contribution in [2.75, 3.05) is 5.73 Å². The molecule has 3 nitrogen and oxygen atoms in total. The van der Waals surface area contributed by atoms with Crippen LogP contribution in [-0.2, 0) is 13.0 Å². The minimum absolute atomic E-state index is 0.113. The zero-order valence-corrected chi connectivity index (χ0v) is 11.1. The number of aromatic nitrogens is 2. The summed E-state index contributed by atoms with van der Waals surface area (Å²) < 4.78 is 28.9. The second-order valence-electron chi connectivity index (χ2n) is 4.36. The van der Waals surface area contributed by atoms with Gasteiger partial charge in [0, 0.05) is 18.5 Å². The van der Waals surface area contributed by atoms with Crippen molar-refractivity contribution in [1.29, 1.82) is 0 Å². The van der Waals surface area contributed by atoms with Gasteiger partial charge in [0.2, 0.25) is 0 Å². The van der Waals surface area contributed by atoms with E-state index in [2.05, 4.69) is 4.98 Å². The van der Waals surface area contributed by atoms with Crippen LogP contribution < -0.4 is 5.73 Å². The first kappa shape index (κ1) is 13.5. The van der Waals surface area contributed by atoms with Gasteiger partial charge in [0.1, 0.15) is 17.3 Å². The number of anilines is 1. The monoisotopic (exact) mass is 265 g/mol. The predicted molar refractivity (Wildman–Crippen MR) is 71.7 cm³/mol. The number of aryl methyl sites for hydroxylation is 1. The largest absolute Gasteiger partial charge is 0.383 e. The molecule has 19 heavy (non-hydrogen) atoms. The molecule has 0 atom stereocenters. The number of rotatable bonds is 4. The van der Waals surface area contributed by atoms with Gasteiger partial charge in [-0.3, -0.25) is 0 Å². The summed E-state index contributed by atoms with van der Waals surface area (Å²) in [5.41, 5.74) is 6.44. The Morgan fingerprint density at radius 2 is 2.00 bits per heavy atom. The highest BCUT2D eigenvalue weighted by Gasteiger charge is 2.19. The van der Waals surface area contributed by atoms with Crippen molar-refractivity contribution in [3.63, 3.8) is 0 Å². The number of nitrogen functional groups attached to an aromatic ring is 1. The average Bonchev–Trinajstić information content (AvgIpc) is 2.70. The fourth-order valence-electron chi connectivity index (χ4n) is 2.17.